The third-order valence-corrected chi connectivity index (χ3v) is 3.53. The molecule has 1 aromatic heterocycles. The van der Waals surface area contributed by atoms with Gasteiger partial charge >= 0.3 is 5.97 Å². The van der Waals surface area contributed by atoms with E-state index in [2.05, 4.69) is 10.3 Å². The Morgan fingerprint density at radius 3 is 2.48 bits per heavy atom. The molecule has 132 valence electrons. The van der Waals surface area contributed by atoms with Gasteiger partial charge in [0.25, 0.3) is 5.91 Å². The topological polar surface area (TPSA) is 86.8 Å². The van der Waals surface area contributed by atoms with Gasteiger partial charge in [0, 0.05) is 18.0 Å². The largest absolute Gasteiger partial charge is 0.497 e. The Kier molecular flexibility index (Phi) is 6.33. The summed E-state index contributed by atoms with van der Waals surface area (Å²) < 4.78 is 15.5. The molecule has 0 aliphatic heterocycles. The zero-order valence-corrected chi connectivity index (χ0v) is 14.3. The normalized spacial score (nSPS) is 11.3. The standard InChI is InChI=1S/C18H20N2O5/c1-12(15-10-14(23-2)4-5-16(15)24-3)20-17(21)11-25-18(22)13-6-8-19-9-7-13/h4-10,12H,11H2,1-3H3,(H,20,21)/t12-/m1/s1. The van der Waals surface area contributed by atoms with Crippen molar-refractivity contribution < 1.29 is 23.8 Å². The molecule has 1 amide bonds. The molecule has 25 heavy (non-hydrogen) atoms. The van der Waals surface area contributed by atoms with Crippen LogP contribution in [0.5, 0.6) is 11.5 Å². The van der Waals surface area contributed by atoms with Crippen LogP contribution >= 0.6 is 0 Å². The minimum atomic E-state index is -0.579. The summed E-state index contributed by atoms with van der Waals surface area (Å²) in [7, 11) is 3.11. The highest BCUT2D eigenvalue weighted by Gasteiger charge is 2.16. The highest BCUT2D eigenvalue weighted by molar-refractivity contribution is 5.91. The Bertz CT molecular complexity index is 734. The molecular weight excluding hydrogens is 324 g/mol. The Hall–Kier alpha value is -3.09. The number of ether oxygens (including phenoxy) is 3. The Balaban J connectivity index is 1.95. The van der Waals surface area contributed by atoms with Crippen molar-refractivity contribution >= 4 is 11.9 Å². The number of aromatic nitrogens is 1. The SMILES string of the molecule is COc1ccc(OC)c([C@@H](C)NC(=O)COC(=O)c2ccncc2)c1. The van der Waals surface area contributed by atoms with Crippen LogP contribution in [0.1, 0.15) is 28.9 Å². The fourth-order valence-electron chi connectivity index (χ4n) is 2.24. The first kappa shape index (κ1) is 18.3. The summed E-state index contributed by atoms with van der Waals surface area (Å²) in [5, 5.41) is 2.76. The average molecular weight is 344 g/mol. The summed E-state index contributed by atoms with van der Waals surface area (Å²) in [5.41, 5.74) is 1.10. The molecule has 0 aliphatic rings. The maximum Gasteiger partial charge on any atom is 0.338 e. The number of esters is 1. The maximum absolute atomic E-state index is 12.0. The van der Waals surface area contributed by atoms with Gasteiger partial charge < -0.3 is 19.5 Å². The summed E-state index contributed by atoms with van der Waals surface area (Å²) >= 11 is 0. The van der Waals surface area contributed by atoms with Gasteiger partial charge in [-0.1, -0.05) is 0 Å². The molecule has 2 aromatic rings. The Morgan fingerprint density at radius 1 is 1.12 bits per heavy atom. The lowest BCUT2D eigenvalue weighted by molar-refractivity contribution is -0.124. The van der Waals surface area contributed by atoms with Crippen molar-refractivity contribution in [3.63, 3.8) is 0 Å². The number of carbonyl (C=O) groups is 2. The monoisotopic (exact) mass is 344 g/mol. The Labute approximate surface area is 145 Å². The van der Waals surface area contributed by atoms with E-state index in [0.29, 0.717) is 17.1 Å². The van der Waals surface area contributed by atoms with Crippen LogP contribution in [0.25, 0.3) is 0 Å². The molecule has 2 rings (SSSR count). The third-order valence-electron chi connectivity index (χ3n) is 3.53. The van der Waals surface area contributed by atoms with E-state index in [4.69, 9.17) is 14.2 Å². The summed E-state index contributed by atoms with van der Waals surface area (Å²) in [5.74, 6) is 0.285. The zero-order valence-electron chi connectivity index (χ0n) is 14.3. The lowest BCUT2D eigenvalue weighted by Gasteiger charge is -2.18. The summed E-state index contributed by atoms with van der Waals surface area (Å²) in [6, 6.07) is 8.01. The van der Waals surface area contributed by atoms with Crippen LogP contribution in [0.15, 0.2) is 42.7 Å². The molecule has 0 aliphatic carbocycles. The lowest BCUT2D eigenvalue weighted by atomic mass is 10.1. The number of pyridine rings is 1. The number of hydrogen-bond donors (Lipinski definition) is 1. The molecule has 0 saturated heterocycles. The predicted octanol–water partition coefficient (Wildman–Crippen LogP) is 2.13. The molecule has 0 radical (unpaired) electrons. The summed E-state index contributed by atoms with van der Waals surface area (Å²) in [4.78, 5) is 27.7. The predicted molar refractivity (Wildman–Crippen MR) is 90.6 cm³/mol. The van der Waals surface area contributed by atoms with Gasteiger partial charge in [-0.05, 0) is 37.3 Å². The average Bonchev–Trinajstić information content (AvgIpc) is 2.66. The minimum Gasteiger partial charge on any atom is -0.497 e. The van der Waals surface area contributed by atoms with Gasteiger partial charge in [-0.15, -0.1) is 0 Å². The quantitative estimate of drug-likeness (QED) is 0.775. The minimum absolute atomic E-state index is 0.338. The van der Waals surface area contributed by atoms with Crippen LogP contribution in [0, 0.1) is 0 Å². The number of nitrogens with zero attached hydrogens (tertiary/aromatic N) is 1. The van der Waals surface area contributed by atoms with Crippen LogP contribution in [0.3, 0.4) is 0 Å². The van der Waals surface area contributed by atoms with E-state index in [-0.39, 0.29) is 12.6 Å². The van der Waals surface area contributed by atoms with Crippen LogP contribution in [-0.2, 0) is 9.53 Å². The fraction of sp³-hybridized carbons (Fsp3) is 0.278. The van der Waals surface area contributed by atoms with Crippen LogP contribution in [-0.4, -0.2) is 37.7 Å². The van der Waals surface area contributed by atoms with Crippen molar-refractivity contribution in [3.8, 4) is 11.5 Å². The van der Waals surface area contributed by atoms with E-state index in [9.17, 15) is 9.59 Å². The summed E-state index contributed by atoms with van der Waals surface area (Å²) in [6.07, 6.45) is 2.96. The van der Waals surface area contributed by atoms with E-state index in [1.807, 2.05) is 0 Å². The smallest absolute Gasteiger partial charge is 0.338 e. The second-order valence-electron chi connectivity index (χ2n) is 5.21. The lowest BCUT2D eigenvalue weighted by Crippen LogP contribution is -2.31. The molecule has 7 nitrogen and oxygen atoms in total. The van der Waals surface area contributed by atoms with Gasteiger partial charge in [-0.3, -0.25) is 9.78 Å². The van der Waals surface area contributed by atoms with Gasteiger partial charge in [0.05, 0.1) is 25.8 Å². The molecule has 1 atom stereocenters. The molecule has 7 heteroatoms. The fourth-order valence-corrected chi connectivity index (χ4v) is 2.24. The van der Waals surface area contributed by atoms with Gasteiger partial charge in [0.1, 0.15) is 11.5 Å². The van der Waals surface area contributed by atoms with E-state index in [1.54, 1.807) is 39.3 Å². The molecule has 1 N–H and O–H groups in total. The molecule has 0 spiro atoms. The van der Waals surface area contributed by atoms with Crippen LogP contribution in [0.4, 0.5) is 0 Å². The van der Waals surface area contributed by atoms with Crippen molar-refractivity contribution in [2.45, 2.75) is 13.0 Å². The number of nitrogens with one attached hydrogen (secondary N) is 1. The Morgan fingerprint density at radius 2 is 1.84 bits per heavy atom. The van der Waals surface area contributed by atoms with E-state index in [1.165, 1.54) is 24.5 Å². The van der Waals surface area contributed by atoms with Crippen molar-refractivity contribution in [1.82, 2.24) is 10.3 Å². The summed E-state index contributed by atoms with van der Waals surface area (Å²) in [6.45, 7) is 1.43. The number of hydrogen-bond acceptors (Lipinski definition) is 6. The number of methoxy groups -OCH3 is 2. The molecule has 0 saturated carbocycles. The molecule has 1 heterocycles. The highest BCUT2D eigenvalue weighted by atomic mass is 16.5. The second kappa shape index (κ2) is 8.68. The van der Waals surface area contributed by atoms with E-state index >= 15 is 0 Å². The van der Waals surface area contributed by atoms with Crippen molar-refractivity contribution in [1.29, 1.82) is 0 Å². The van der Waals surface area contributed by atoms with Crippen LogP contribution in [0.2, 0.25) is 0 Å². The molecule has 0 fully saturated rings. The first-order valence-corrected chi connectivity index (χ1v) is 7.63. The van der Waals surface area contributed by atoms with Gasteiger partial charge in [0.2, 0.25) is 0 Å². The van der Waals surface area contributed by atoms with Crippen molar-refractivity contribution in [2.75, 3.05) is 20.8 Å². The van der Waals surface area contributed by atoms with Gasteiger partial charge in [-0.25, -0.2) is 4.79 Å². The highest BCUT2D eigenvalue weighted by Crippen LogP contribution is 2.29. The first-order chi connectivity index (χ1) is 12.0. The number of benzene rings is 1. The number of amides is 1. The van der Waals surface area contributed by atoms with Gasteiger partial charge in [-0.2, -0.15) is 0 Å². The molecule has 1 aromatic carbocycles. The zero-order chi connectivity index (χ0) is 18.2. The van der Waals surface area contributed by atoms with Gasteiger partial charge in [0.15, 0.2) is 6.61 Å². The van der Waals surface area contributed by atoms with Crippen LogP contribution < -0.4 is 14.8 Å². The van der Waals surface area contributed by atoms with Crippen molar-refractivity contribution in [3.05, 3.63) is 53.9 Å². The molecular formula is C18H20N2O5. The second-order valence-corrected chi connectivity index (χ2v) is 5.21. The van der Waals surface area contributed by atoms with E-state index in [0.717, 1.165) is 5.56 Å². The first-order valence-electron chi connectivity index (χ1n) is 7.63. The molecule has 0 unspecified atom stereocenters. The van der Waals surface area contributed by atoms with E-state index < -0.39 is 11.9 Å². The third kappa shape index (κ3) is 4.94. The number of carbonyl (C=O) groups excluding carboxylic acids is 2. The maximum atomic E-state index is 12.0. The molecule has 0 bridgehead atoms. The number of rotatable bonds is 7. The van der Waals surface area contributed by atoms with Crippen molar-refractivity contribution in [2.24, 2.45) is 0 Å².